The number of nitrogens with two attached hydrogens (primary N) is 1. The summed E-state index contributed by atoms with van der Waals surface area (Å²) in [4.78, 5) is 28.0. The molecule has 2 rings (SSSR count). The largest absolute Gasteiger partial charge is 0.350 e. The predicted octanol–water partition coefficient (Wildman–Crippen LogP) is 3.82. The molecule has 0 aliphatic heterocycles. The molecule has 0 aromatic heterocycles. The van der Waals surface area contributed by atoms with Crippen molar-refractivity contribution < 1.29 is 32.8 Å². The second-order valence-electron chi connectivity index (χ2n) is 5.62. The van der Waals surface area contributed by atoms with Crippen molar-refractivity contribution in [2.75, 3.05) is 11.9 Å². The highest BCUT2D eigenvalue weighted by Gasteiger charge is 2.20. The average Bonchev–Trinajstić information content (AvgIpc) is 2.68. The standard InChI is InChI=1S/C18H16F3IN2O3.H3NO/c1-10(25)3-2-8-27-24-18(26)12-5-6-13(19)16(21)17(12)23-15-7-4-11(22)9-14(15)20;1-2/h4-7,9,23H,2-3,8H2,1H3,(H,24,26);2H,1H2. The Kier molecular flexibility index (Phi) is 10.6. The van der Waals surface area contributed by atoms with Crippen molar-refractivity contribution >= 4 is 45.7 Å². The molecular weight excluding hydrogens is 506 g/mol. The van der Waals surface area contributed by atoms with E-state index in [2.05, 4.69) is 16.7 Å². The fraction of sp³-hybridized carbons (Fsp3) is 0.222. The van der Waals surface area contributed by atoms with E-state index in [4.69, 9.17) is 10.0 Å². The number of rotatable bonds is 8. The van der Waals surface area contributed by atoms with Gasteiger partial charge in [-0.3, -0.25) is 9.63 Å². The van der Waals surface area contributed by atoms with Gasteiger partial charge in [-0.1, -0.05) is 0 Å². The van der Waals surface area contributed by atoms with Gasteiger partial charge in [0.15, 0.2) is 11.6 Å². The number of carbonyl (C=O) groups excluding carboxylic acids is 2. The molecule has 0 spiro atoms. The van der Waals surface area contributed by atoms with Crippen molar-refractivity contribution in [3.05, 3.63) is 56.9 Å². The Morgan fingerprint density at radius 1 is 1.14 bits per heavy atom. The minimum atomic E-state index is -1.32. The van der Waals surface area contributed by atoms with E-state index in [9.17, 15) is 22.8 Å². The van der Waals surface area contributed by atoms with Crippen LogP contribution in [-0.2, 0) is 9.63 Å². The highest BCUT2D eigenvalue weighted by Crippen LogP contribution is 2.28. The van der Waals surface area contributed by atoms with Gasteiger partial charge in [-0.05, 0) is 66.3 Å². The van der Waals surface area contributed by atoms with Gasteiger partial charge in [-0.25, -0.2) is 24.5 Å². The number of hydrogen-bond donors (Lipinski definition) is 4. The Bertz CT molecular complexity index is 868. The molecule has 0 saturated heterocycles. The van der Waals surface area contributed by atoms with Gasteiger partial charge in [0.05, 0.1) is 23.5 Å². The first-order chi connectivity index (χ1) is 13.8. The van der Waals surface area contributed by atoms with Gasteiger partial charge in [-0.15, -0.1) is 0 Å². The Morgan fingerprint density at radius 2 is 1.83 bits per heavy atom. The van der Waals surface area contributed by atoms with Crippen LogP contribution in [0.3, 0.4) is 0 Å². The van der Waals surface area contributed by atoms with E-state index in [0.717, 1.165) is 12.1 Å². The van der Waals surface area contributed by atoms with Crippen molar-refractivity contribution in [1.29, 1.82) is 0 Å². The molecule has 2 aromatic carbocycles. The molecule has 0 saturated carbocycles. The molecule has 0 aliphatic rings. The number of amides is 1. The van der Waals surface area contributed by atoms with Crippen LogP contribution in [0.25, 0.3) is 0 Å². The molecule has 0 fully saturated rings. The van der Waals surface area contributed by atoms with Gasteiger partial charge < -0.3 is 15.3 Å². The van der Waals surface area contributed by atoms with E-state index in [1.165, 1.54) is 19.1 Å². The summed E-state index contributed by atoms with van der Waals surface area (Å²) in [5.74, 6) is -0.557. The van der Waals surface area contributed by atoms with Gasteiger partial charge in [0.1, 0.15) is 11.6 Å². The Hall–Kier alpha value is -2.22. The summed E-state index contributed by atoms with van der Waals surface area (Å²) in [5, 5.41) is 8.92. The Balaban J connectivity index is 0.00000204. The Morgan fingerprint density at radius 3 is 2.45 bits per heavy atom. The van der Waals surface area contributed by atoms with E-state index < -0.39 is 29.0 Å². The minimum absolute atomic E-state index is 0.0171. The summed E-state index contributed by atoms with van der Waals surface area (Å²) < 4.78 is 42.5. The zero-order chi connectivity index (χ0) is 22.0. The van der Waals surface area contributed by atoms with Crippen LogP contribution in [0, 0.1) is 21.0 Å². The molecule has 0 bridgehead atoms. The average molecular weight is 525 g/mol. The van der Waals surface area contributed by atoms with Crippen LogP contribution < -0.4 is 16.7 Å². The lowest BCUT2D eigenvalue weighted by atomic mass is 10.1. The lowest BCUT2D eigenvalue weighted by molar-refractivity contribution is -0.117. The summed E-state index contributed by atoms with van der Waals surface area (Å²) in [7, 11) is 0. The number of hydrogen-bond acceptors (Lipinski definition) is 6. The first kappa shape index (κ1) is 24.8. The van der Waals surface area contributed by atoms with Crippen LogP contribution in [-0.4, -0.2) is 23.5 Å². The molecule has 0 radical (unpaired) electrons. The molecule has 1 amide bonds. The fourth-order valence-electron chi connectivity index (χ4n) is 2.15. The smallest absolute Gasteiger partial charge is 0.277 e. The molecule has 11 heteroatoms. The third-order valence-corrected chi connectivity index (χ3v) is 4.14. The molecule has 0 atom stereocenters. The fourth-order valence-corrected chi connectivity index (χ4v) is 2.61. The minimum Gasteiger partial charge on any atom is -0.350 e. The lowest BCUT2D eigenvalue weighted by Gasteiger charge is -2.14. The molecule has 0 unspecified atom stereocenters. The number of nitrogens with one attached hydrogen (secondary N) is 2. The molecule has 7 nitrogen and oxygen atoms in total. The maximum absolute atomic E-state index is 14.2. The number of ketones is 1. The second-order valence-corrected chi connectivity index (χ2v) is 6.86. The molecule has 2 aromatic rings. The summed E-state index contributed by atoms with van der Waals surface area (Å²) in [5.41, 5.74) is 1.20. The van der Waals surface area contributed by atoms with Crippen molar-refractivity contribution in [2.24, 2.45) is 5.90 Å². The van der Waals surface area contributed by atoms with Crippen molar-refractivity contribution in [3.63, 3.8) is 0 Å². The van der Waals surface area contributed by atoms with Gasteiger partial charge in [0.2, 0.25) is 0 Å². The zero-order valence-electron chi connectivity index (χ0n) is 15.3. The number of anilines is 2. The van der Waals surface area contributed by atoms with Crippen molar-refractivity contribution in [2.45, 2.75) is 19.8 Å². The maximum atomic E-state index is 14.2. The molecule has 0 heterocycles. The van der Waals surface area contributed by atoms with E-state index in [0.29, 0.717) is 16.4 Å². The highest BCUT2D eigenvalue weighted by atomic mass is 127. The number of halogens is 4. The quantitative estimate of drug-likeness (QED) is 0.237. The highest BCUT2D eigenvalue weighted by molar-refractivity contribution is 14.1. The number of benzene rings is 2. The molecular formula is C18H19F3IN3O4. The SMILES string of the molecule is CC(=O)CCCONC(=O)c1ccc(F)c(F)c1Nc1ccc(I)cc1F.NO. The summed E-state index contributed by atoms with van der Waals surface area (Å²) in [6.07, 6.45) is 0.687. The van der Waals surface area contributed by atoms with Gasteiger partial charge in [-0.2, -0.15) is 0 Å². The number of carbonyl (C=O) groups is 2. The van der Waals surface area contributed by atoms with Crippen LogP contribution in [0.4, 0.5) is 24.5 Å². The maximum Gasteiger partial charge on any atom is 0.277 e. The van der Waals surface area contributed by atoms with Crippen LogP contribution in [0.2, 0.25) is 0 Å². The zero-order valence-corrected chi connectivity index (χ0v) is 17.4. The van der Waals surface area contributed by atoms with Gasteiger partial charge >= 0.3 is 0 Å². The third kappa shape index (κ3) is 7.61. The van der Waals surface area contributed by atoms with Crippen LogP contribution >= 0.6 is 22.6 Å². The van der Waals surface area contributed by atoms with Crippen molar-refractivity contribution in [1.82, 2.24) is 5.48 Å². The topological polar surface area (TPSA) is 114 Å². The normalized spacial score (nSPS) is 10.0. The van der Waals surface area contributed by atoms with Crippen molar-refractivity contribution in [3.8, 4) is 0 Å². The van der Waals surface area contributed by atoms with E-state index >= 15 is 0 Å². The summed E-state index contributed by atoms with van der Waals surface area (Å²) in [6.45, 7) is 1.51. The Labute approximate surface area is 178 Å². The number of Topliss-reactive ketones (excluding diaryl/α,β-unsaturated/α-hetero) is 1. The first-order valence-electron chi connectivity index (χ1n) is 8.17. The number of hydroxylamine groups is 1. The second kappa shape index (κ2) is 12.4. The predicted molar refractivity (Wildman–Crippen MR) is 108 cm³/mol. The van der Waals surface area contributed by atoms with E-state index in [1.54, 1.807) is 6.07 Å². The van der Waals surface area contributed by atoms with Gasteiger partial charge in [0, 0.05) is 9.99 Å². The van der Waals surface area contributed by atoms with E-state index in [-0.39, 0.29) is 23.6 Å². The molecule has 29 heavy (non-hydrogen) atoms. The molecule has 0 aliphatic carbocycles. The third-order valence-electron chi connectivity index (χ3n) is 3.47. The monoisotopic (exact) mass is 525 g/mol. The van der Waals surface area contributed by atoms with Crippen LogP contribution in [0.15, 0.2) is 30.3 Å². The van der Waals surface area contributed by atoms with Crippen LogP contribution in [0.1, 0.15) is 30.1 Å². The first-order valence-corrected chi connectivity index (χ1v) is 9.25. The van der Waals surface area contributed by atoms with E-state index in [1.807, 2.05) is 22.6 Å². The molecule has 5 N–H and O–H groups in total. The summed E-state index contributed by atoms with van der Waals surface area (Å²) >= 11 is 1.90. The van der Waals surface area contributed by atoms with Crippen LogP contribution in [0.5, 0.6) is 0 Å². The molecule has 158 valence electrons. The lowest BCUT2D eigenvalue weighted by Crippen LogP contribution is -2.25. The van der Waals surface area contributed by atoms with Gasteiger partial charge in [0.25, 0.3) is 5.91 Å². The summed E-state index contributed by atoms with van der Waals surface area (Å²) in [6, 6.07) is 5.97.